The number of carbonyl (C=O) groups excluding carboxylic acids is 1. The Labute approximate surface area is 72.6 Å². The molecule has 0 bridgehead atoms. The van der Waals surface area contributed by atoms with Gasteiger partial charge in [0.2, 0.25) is 5.91 Å². The van der Waals surface area contributed by atoms with E-state index >= 15 is 0 Å². The SMILES string of the molecule is CN1CC(C2C=CN(C)C2=O)C1. The molecule has 0 aromatic heterocycles. The first-order valence-electron chi connectivity index (χ1n) is 4.32. The van der Waals surface area contributed by atoms with Crippen molar-refractivity contribution >= 4 is 5.91 Å². The molecule has 0 saturated carbocycles. The number of likely N-dealkylation sites (tertiary alicyclic amines) is 1. The van der Waals surface area contributed by atoms with Gasteiger partial charge in [-0.15, -0.1) is 0 Å². The molecule has 0 spiro atoms. The molecule has 3 heteroatoms. The maximum absolute atomic E-state index is 11.5. The number of carbonyl (C=O) groups is 1. The highest BCUT2D eigenvalue weighted by molar-refractivity contribution is 5.84. The van der Waals surface area contributed by atoms with Gasteiger partial charge in [0.1, 0.15) is 0 Å². The van der Waals surface area contributed by atoms with Crippen molar-refractivity contribution < 1.29 is 4.79 Å². The van der Waals surface area contributed by atoms with Crippen LogP contribution in [-0.4, -0.2) is 42.9 Å². The first-order valence-corrected chi connectivity index (χ1v) is 4.32. The van der Waals surface area contributed by atoms with E-state index < -0.39 is 0 Å². The fourth-order valence-electron chi connectivity index (χ4n) is 1.95. The highest BCUT2D eigenvalue weighted by Gasteiger charge is 2.37. The lowest BCUT2D eigenvalue weighted by Crippen LogP contribution is -2.49. The van der Waals surface area contributed by atoms with Gasteiger partial charge in [0.15, 0.2) is 0 Å². The van der Waals surface area contributed by atoms with Crippen molar-refractivity contribution in [3.63, 3.8) is 0 Å². The summed E-state index contributed by atoms with van der Waals surface area (Å²) < 4.78 is 0. The van der Waals surface area contributed by atoms with Crippen LogP contribution in [0.1, 0.15) is 0 Å². The Morgan fingerprint density at radius 2 is 2.08 bits per heavy atom. The van der Waals surface area contributed by atoms with Crippen LogP contribution in [0.25, 0.3) is 0 Å². The zero-order chi connectivity index (χ0) is 8.72. The molecule has 0 aliphatic carbocycles. The first kappa shape index (κ1) is 7.80. The molecule has 2 aliphatic heterocycles. The molecule has 0 aromatic carbocycles. The maximum atomic E-state index is 11.5. The first-order chi connectivity index (χ1) is 5.68. The van der Waals surface area contributed by atoms with Crippen LogP contribution in [0.5, 0.6) is 0 Å². The number of amides is 1. The van der Waals surface area contributed by atoms with E-state index in [1.807, 2.05) is 19.3 Å². The van der Waals surface area contributed by atoms with Crippen molar-refractivity contribution in [1.29, 1.82) is 0 Å². The predicted molar refractivity (Wildman–Crippen MR) is 46.4 cm³/mol. The molecule has 66 valence electrons. The average molecular weight is 166 g/mol. The number of hydrogen-bond donors (Lipinski definition) is 0. The van der Waals surface area contributed by atoms with Crippen LogP contribution in [0.2, 0.25) is 0 Å². The van der Waals surface area contributed by atoms with Gasteiger partial charge in [-0.1, -0.05) is 6.08 Å². The van der Waals surface area contributed by atoms with Crippen LogP contribution >= 0.6 is 0 Å². The quantitative estimate of drug-likeness (QED) is 0.553. The largest absolute Gasteiger partial charge is 0.322 e. The van der Waals surface area contributed by atoms with Crippen LogP contribution in [-0.2, 0) is 4.79 Å². The van der Waals surface area contributed by atoms with Gasteiger partial charge in [-0.25, -0.2) is 0 Å². The predicted octanol–water partition coefficient (Wildman–Crippen LogP) is 0.150. The Bertz CT molecular complexity index is 231. The van der Waals surface area contributed by atoms with Crippen LogP contribution in [0.4, 0.5) is 0 Å². The maximum Gasteiger partial charge on any atom is 0.233 e. The normalized spacial score (nSPS) is 31.3. The summed E-state index contributed by atoms with van der Waals surface area (Å²) in [5.74, 6) is 0.975. The third kappa shape index (κ3) is 1.05. The van der Waals surface area contributed by atoms with E-state index in [2.05, 4.69) is 11.9 Å². The van der Waals surface area contributed by atoms with Gasteiger partial charge in [0, 0.05) is 26.3 Å². The zero-order valence-corrected chi connectivity index (χ0v) is 7.53. The summed E-state index contributed by atoms with van der Waals surface area (Å²) in [7, 11) is 3.91. The highest BCUT2D eigenvalue weighted by Crippen LogP contribution is 2.28. The molecule has 2 heterocycles. The van der Waals surface area contributed by atoms with Crippen LogP contribution in [0.15, 0.2) is 12.3 Å². The lowest BCUT2D eigenvalue weighted by Gasteiger charge is -2.38. The lowest BCUT2D eigenvalue weighted by molar-refractivity contribution is -0.131. The molecule has 0 aromatic rings. The molecule has 1 unspecified atom stereocenters. The Hall–Kier alpha value is -0.830. The van der Waals surface area contributed by atoms with Crippen molar-refractivity contribution in [1.82, 2.24) is 9.80 Å². The summed E-state index contributed by atoms with van der Waals surface area (Å²) in [5.41, 5.74) is 0. The fraction of sp³-hybridized carbons (Fsp3) is 0.667. The number of hydrogen-bond acceptors (Lipinski definition) is 2. The summed E-state index contributed by atoms with van der Waals surface area (Å²) >= 11 is 0. The van der Waals surface area contributed by atoms with Crippen molar-refractivity contribution in [2.45, 2.75) is 0 Å². The Kier molecular flexibility index (Phi) is 1.68. The average Bonchev–Trinajstić information content (AvgIpc) is 2.28. The third-order valence-corrected chi connectivity index (χ3v) is 2.75. The van der Waals surface area contributed by atoms with E-state index in [4.69, 9.17) is 0 Å². The number of rotatable bonds is 1. The van der Waals surface area contributed by atoms with Crippen molar-refractivity contribution in [3.8, 4) is 0 Å². The summed E-state index contributed by atoms with van der Waals surface area (Å²) in [5, 5.41) is 0. The van der Waals surface area contributed by atoms with E-state index in [1.54, 1.807) is 4.90 Å². The van der Waals surface area contributed by atoms with E-state index in [9.17, 15) is 4.79 Å². The van der Waals surface area contributed by atoms with Crippen molar-refractivity contribution in [3.05, 3.63) is 12.3 Å². The lowest BCUT2D eigenvalue weighted by atomic mass is 9.86. The Balaban J connectivity index is 1.98. The molecule has 1 atom stereocenters. The highest BCUT2D eigenvalue weighted by atomic mass is 16.2. The molecule has 12 heavy (non-hydrogen) atoms. The van der Waals surface area contributed by atoms with Crippen LogP contribution < -0.4 is 0 Å². The molecule has 1 fully saturated rings. The van der Waals surface area contributed by atoms with E-state index in [0.717, 1.165) is 13.1 Å². The van der Waals surface area contributed by atoms with Gasteiger partial charge >= 0.3 is 0 Å². The Morgan fingerprint density at radius 3 is 2.50 bits per heavy atom. The molecule has 3 nitrogen and oxygen atoms in total. The topological polar surface area (TPSA) is 23.6 Å². The Morgan fingerprint density at radius 1 is 1.42 bits per heavy atom. The van der Waals surface area contributed by atoms with E-state index in [0.29, 0.717) is 5.92 Å². The molecular weight excluding hydrogens is 152 g/mol. The minimum atomic E-state index is 0.159. The molecule has 0 radical (unpaired) electrons. The van der Waals surface area contributed by atoms with Gasteiger partial charge in [-0.2, -0.15) is 0 Å². The molecule has 2 rings (SSSR count). The smallest absolute Gasteiger partial charge is 0.233 e. The van der Waals surface area contributed by atoms with Gasteiger partial charge < -0.3 is 9.80 Å². The second-order valence-electron chi connectivity index (χ2n) is 3.80. The summed E-state index contributed by atoms with van der Waals surface area (Å²) in [4.78, 5) is 15.4. The second kappa shape index (κ2) is 2.59. The molecule has 1 amide bonds. The zero-order valence-electron chi connectivity index (χ0n) is 7.53. The van der Waals surface area contributed by atoms with Crippen molar-refractivity contribution in [2.75, 3.05) is 27.2 Å². The third-order valence-electron chi connectivity index (χ3n) is 2.75. The molecule has 0 N–H and O–H groups in total. The molecular formula is C9H14N2O. The fourth-order valence-corrected chi connectivity index (χ4v) is 1.95. The van der Waals surface area contributed by atoms with Gasteiger partial charge in [0.25, 0.3) is 0 Å². The van der Waals surface area contributed by atoms with E-state index in [1.165, 1.54) is 0 Å². The summed E-state index contributed by atoms with van der Waals surface area (Å²) in [6.45, 7) is 2.13. The monoisotopic (exact) mass is 166 g/mol. The minimum Gasteiger partial charge on any atom is -0.322 e. The van der Waals surface area contributed by atoms with Gasteiger partial charge in [-0.05, 0) is 13.0 Å². The van der Waals surface area contributed by atoms with Gasteiger partial charge in [-0.3, -0.25) is 4.79 Å². The van der Waals surface area contributed by atoms with Crippen LogP contribution in [0, 0.1) is 11.8 Å². The second-order valence-corrected chi connectivity index (χ2v) is 3.80. The number of nitrogens with zero attached hydrogens (tertiary/aromatic N) is 2. The van der Waals surface area contributed by atoms with E-state index in [-0.39, 0.29) is 11.8 Å². The summed E-state index contributed by atoms with van der Waals surface area (Å²) in [6, 6.07) is 0. The minimum absolute atomic E-state index is 0.159. The molecule has 2 aliphatic rings. The standard InChI is InChI=1S/C9H14N2O/c1-10-5-7(6-10)8-3-4-11(2)9(8)12/h3-4,7-8H,5-6H2,1-2H3. The van der Waals surface area contributed by atoms with Crippen LogP contribution in [0.3, 0.4) is 0 Å². The van der Waals surface area contributed by atoms with Crippen molar-refractivity contribution in [2.24, 2.45) is 11.8 Å². The molecule has 1 saturated heterocycles. The van der Waals surface area contributed by atoms with Gasteiger partial charge in [0.05, 0.1) is 5.92 Å². The summed E-state index contributed by atoms with van der Waals surface area (Å²) in [6.07, 6.45) is 3.91.